The summed E-state index contributed by atoms with van der Waals surface area (Å²) in [5.74, 6) is 0.281. The van der Waals surface area contributed by atoms with Gasteiger partial charge in [-0.15, -0.1) is 0 Å². The van der Waals surface area contributed by atoms with Gasteiger partial charge in [0.15, 0.2) is 0 Å². The number of hydrogen-bond acceptors (Lipinski definition) is 2. The first kappa shape index (κ1) is 11.5. The van der Waals surface area contributed by atoms with Crippen LogP contribution in [-0.4, -0.2) is 6.04 Å². The van der Waals surface area contributed by atoms with Gasteiger partial charge in [0.05, 0.1) is 6.07 Å². The number of anilines is 1. The highest BCUT2D eigenvalue weighted by Crippen LogP contribution is 2.26. The van der Waals surface area contributed by atoms with E-state index in [-0.39, 0.29) is 5.92 Å². The van der Waals surface area contributed by atoms with E-state index < -0.39 is 0 Å². The number of halogens is 1. The quantitative estimate of drug-likeness (QED) is 0.889. The van der Waals surface area contributed by atoms with Crippen molar-refractivity contribution in [2.75, 3.05) is 5.32 Å². The van der Waals surface area contributed by atoms with Gasteiger partial charge in [-0.3, -0.25) is 0 Å². The van der Waals surface area contributed by atoms with Crippen LogP contribution in [0, 0.1) is 17.2 Å². The summed E-state index contributed by atoms with van der Waals surface area (Å²) in [6.45, 7) is 0. The first-order valence-corrected chi connectivity index (χ1v) is 6.49. The van der Waals surface area contributed by atoms with Crippen molar-refractivity contribution >= 4 is 21.6 Å². The van der Waals surface area contributed by atoms with Crippen LogP contribution in [0.3, 0.4) is 0 Å². The van der Waals surface area contributed by atoms with Crippen LogP contribution in [0.2, 0.25) is 0 Å². The van der Waals surface area contributed by atoms with E-state index >= 15 is 0 Å². The zero-order valence-electron chi connectivity index (χ0n) is 9.12. The highest BCUT2D eigenvalue weighted by molar-refractivity contribution is 9.10. The second kappa shape index (κ2) is 5.36. The lowest BCUT2D eigenvalue weighted by molar-refractivity contribution is 0.397. The average Bonchev–Trinajstić information content (AvgIpc) is 2.33. The molecule has 1 saturated carbocycles. The third-order valence-electron chi connectivity index (χ3n) is 3.12. The molecular formula is C13H15BrN2. The van der Waals surface area contributed by atoms with E-state index in [0.29, 0.717) is 6.04 Å². The van der Waals surface area contributed by atoms with Crippen LogP contribution in [0.5, 0.6) is 0 Å². The van der Waals surface area contributed by atoms with Crippen molar-refractivity contribution in [2.45, 2.75) is 31.7 Å². The minimum atomic E-state index is 0.281. The first-order chi connectivity index (χ1) is 7.78. The Labute approximate surface area is 105 Å². The van der Waals surface area contributed by atoms with Crippen molar-refractivity contribution < 1.29 is 0 Å². The van der Waals surface area contributed by atoms with Gasteiger partial charge in [0.2, 0.25) is 0 Å². The van der Waals surface area contributed by atoms with Gasteiger partial charge in [0.1, 0.15) is 0 Å². The summed E-state index contributed by atoms with van der Waals surface area (Å²) in [6, 6.07) is 11.2. The Bertz CT molecular complexity index is 372. The normalized spacial score (nSPS) is 24.8. The molecule has 0 spiro atoms. The molecule has 1 aliphatic rings. The molecule has 1 aromatic rings. The number of hydrogen-bond donors (Lipinski definition) is 1. The highest BCUT2D eigenvalue weighted by Gasteiger charge is 2.20. The van der Waals surface area contributed by atoms with E-state index in [4.69, 9.17) is 5.26 Å². The Morgan fingerprint density at radius 1 is 1.12 bits per heavy atom. The third-order valence-corrected chi connectivity index (χ3v) is 3.65. The molecule has 3 heteroatoms. The van der Waals surface area contributed by atoms with Gasteiger partial charge >= 0.3 is 0 Å². The van der Waals surface area contributed by atoms with Crippen molar-refractivity contribution in [1.29, 1.82) is 5.26 Å². The number of nitriles is 1. The fourth-order valence-electron chi connectivity index (χ4n) is 2.15. The Kier molecular flexibility index (Phi) is 3.84. The van der Waals surface area contributed by atoms with Crippen molar-refractivity contribution in [3.05, 3.63) is 28.7 Å². The maximum absolute atomic E-state index is 8.82. The van der Waals surface area contributed by atoms with Crippen LogP contribution < -0.4 is 5.32 Å². The van der Waals surface area contributed by atoms with E-state index in [1.807, 2.05) is 12.1 Å². The molecule has 84 valence electrons. The molecule has 0 unspecified atom stereocenters. The summed E-state index contributed by atoms with van der Waals surface area (Å²) in [7, 11) is 0. The molecule has 1 fully saturated rings. The predicted molar refractivity (Wildman–Crippen MR) is 69.1 cm³/mol. The highest BCUT2D eigenvalue weighted by atomic mass is 79.9. The number of nitrogens with zero attached hydrogens (tertiary/aromatic N) is 1. The first-order valence-electron chi connectivity index (χ1n) is 5.69. The molecule has 1 aliphatic carbocycles. The summed E-state index contributed by atoms with van der Waals surface area (Å²) in [5, 5.41) is 12.3. The standard InChI is InChI=1S/C13H15BrN2/c14-11-3-7-13(8-4-11)16-12-5-1-10(9-15)2-6-12/h3-4,7-8,10,12,16H,1-2,5-6H2. The Hall–Kier alpha value is -1.01. The van der Waals surface area contributed by atoms with Gasteiger partial charge in [-0.1, -0.05) is 15.9 Å². The molecule has 0 saturated heterocycles. The molecule has 0 bridgehead atoms. The van der Waals surface area contributed by atoms with Crippen LogP contribution >= 0.6 is 15.9 Å². The van der Waals surface area contributed by atoms with Crippen LogP contribution in [-0.2, 0) is 0 Å². The average molecular weight is 279 g/mol. The van der Waals surface area contributed by atoms with E-state index in [2.05, 4.69) is 39.4 Å². The lowest BCUT2D eigenvalue weighted by Gasteiger charge is -2.26. The molecule has 0 heterocycles. The number of benzene rings is 1. The topological polar surface area (TPSA) is 35.8 Å². The molecule has 2 rings (SSSR count). The minimum Gasteiger partial charge on any atom is -0.382 e. The molecule has 2 nitrogen and oxygen atoms in total. The molecule has 0 radical (unpaired) electrons. The summed E-state index contributed by atoms with van der Waals surface area (Å²) in [6.07, 6.45) is 4.28. The van der Waals surface area contributed by atoms with E-state index in [9.17, 15) is 0 Å². The molecule has 0 aromatic heterocycles. The molecule has 1 N–H and O–H groups in total. The second-order valence-corrected chi connectivity index (χ2v) is 5.24. The van der Waals surface area contributed by atoms with Crippen molar-refractivity contribution in [3.8, 4) is 6.07 Å². The van der Waals surface area contributed by atoms with Gasteiger partial charge in [0, 0.05) is 22.1 Å². The van der Waals surface area contributed by atoms with Crippen LogP contribution in [0.4, 0.5) is 5.69 Å². The fraction of sp³-hybridized carbons (Fsp3) is 0.462. The fourth-order valence-corrected chi connectivity index (χ4v) is 2.41. The smallest absolute Gasteiger partial charge is 0.0655 e. The molecule has 0 aliphatic heterocycles. The zero-order chi connectivity index (χ0) is 11.4. The van der Waals surface area contributed by atoms with E-state index in [0.717, 1.165) is 30.2 Å². The molecule has 0 atom stereocenters. The van der Waals surface area contributed by atoms with Crippen molar-refractivity contribution in [3.63, 3.8) is 0 Å². The molecule has 0 amide bonds. The second-order valence-electron chi connectivity index (χ2n) is 4.33. The maximum Gasteiger partial charge on any atom is 0.0655 e. The van der Waals surface area contributed by atoms with Gasteiger partial charge in [0.25, 0.3) is 0 Å². The molecule has 16 heavy (non-hydrogen) atoms. The lowest BCUT2D eigenvalue weighted by atomic mass is 9.87. The van der Waals surface area contributed by atoms with Gasteiger partial charge in [-0.05, 0) is 49.9 Å². The summed E-state index contributed by atoms with van der Waals surface area (Å²) in [4.78, 5) is 0. The summed E-state index contributed by atoms with van der Waals surface area (Å²) >= 11 is 3.42. The number of rotatable bonds is 2. The van der Waals surface area contributed by atoms with Crippen molar-refractivity contribution in [2.24, 2.45) is 5.92 Å². The van der Waals surface area contributed by atoms with Gasteiger partial charge in [-0.25, -0.2) is 0 Å². The Morgan fingerprint density at radius 3 is 2.31 bits per heavy atom. The summed E-state index contributed by atoms with van der Waals surface area (Å²) in [5.41, 5.74) is 1.17. The molecule has 1 aromatic carbocycles. The Morgan fingerprint density at radius 2 is 1.75 bits per heavy atom. The molecular weight excluding hydrogens is 264 g/mol. The Balaban J connectivity index is 1.87. The van der Waals surface area contributed by atoms with Crippen LogP contribution in [0.15, 0.2) is 28.7 Å². The maximum atomic E-state index is 8.82. The van der Waals surface area contributed by atoms with Crippen molar-refractivity contribution in [1.82, 2.24) is 0 Å². The van der Waals surface area contributed by atoms with Gasteiger partial charge in [-0.2, -0.15) is 5.26 Å². The third kappa shape index (κ3) is 2.99. The summed E-state index contributed by atoms with van der Waals surface area (Å²) < 4.78 is 1.10. The largest absolute Gasteiger partial charge is 0.382 e. The lowest BCUT2D eigenvalue weighted by Crippen LogP contribution is -2.25. The SMILES string of the molecule is N#CC1CCC(Nc2ccc(Br)cc2)CC1. The van der Waals surface area contributed by atoms with E-state index in [1.165, 1.54) is 5.69 Å². The number of nitrogens with one attached hydrogen (secondary N) is 1. The van der Waals surface area contributed by atoms with E-state index in [1.54, 1.807) is 0 Å². The zero-order valence-corrected chi connectivity index (χ0v) is 10.7. The predicted octanol–water partition coefficient (Wildman–Crippen LogP) is 3.94. The van der Waals surface area contributed by atoms with Crippen LogP contribution in [0.25, 0.3) is 0 Å². The van der Waals surface area contributed by atoms with Crippen LogP contribution in [0.1, 0.15) is 25.7 Å². The monoisotopic (exact) mass is 278 g/mol. The minimum absolute atomic E-state index is 0.281. The van der Waals surface area contributed by atoms with Gasteiger partial charge < -0.3 is 5.32 Å².